The smallest absolute Gasteiger partial charge is 0.261 e. The highest BCUT2D eigenvalue weighted by Gasteiger charge is 2.14. The minimum absolute atomic E-state index is 0.252. The van der Waals surface area contributed by atoms with Crippen molar-refractivity contribution in [2.45, 2.75) is 25.2 Å². The molecule has 1 heterocycles. The minimum atomic E-state index is -3.61. The van der Waals surface area contributed by atoms with Gasteiger partial charge in [-0.25, -0.2) is 13.4 Å². The van der Waals surface area contributed by atoms with Crippen molar-refractivity contribution in [3.63, 3.8) is 0 Å². The molecule has 0 saturated heterocycles. The van der Waals surface area contributed by atoms with Crippen LogP contribution in [0.15, 0.2) is 59.6 Å². The predicted octanol–water partition coefficient (Wildman–Crippen LogP) is 3.75. The third-order valence-corrected chi connectivity index (χ3v) is 5.17. The van der Waals surface area contributed by atoms with E-state index in [1.54, 1.807) is 30.5 Å². The zero-order valence-corrected chi connectivity index (χ0v) is 14.4. The van der Waals surface area contributed by atoms with Crippen LogP contribution in [0, 0.1) is 6.92 Å². The van der Waals surface area contributed by atoms with Gasteiger partial charge in [-0.2, -0.15) is 0 Å². The van der Waals surface area contributed by atoms with Crippen LogP contribution in [0.2, 0.25) is 0 Å². The van der Waals surface area contributed by atoms with Crippen LogP contribution in [0.25, 0.3) is 11.3 Å². The number of rotatable bonds is 5. The molecule has 0 aliphatic carbocycles. The number of anilines is 1. The summed E-state index contributed by atoms with van der Waals surface area (Å²) in [5.41, 5.74) is 3.34. The molecule has 0 radical (unpaired) electrons. The maximum atomic E-state index is 12.5. The van der Waals surface area contributed by atoms with Crippen LogP contribution >= 0.6 is 0 Å². The number of hydrogen-bond acceptors (Lipinski definition) is 3. The molecular weight excluding hydrogens is 322 g/mol. The van der Waals surface area contributed by atoms with Gasteiger partial charge in [0.2, 0.25) is 0 Å². The number of aryl methyl sites for hydroxylation is 2. The molecule has 0 unspecified atom stereocenters. The van der Waals surface area contributed by atoms with Crippen LogP contribution in [0.3, 0.4) is 0 Å². The van der Waals surface area contributed by atoms with E-state index < -0.39 is 10.0 Å². The summed E-state index contributed by atoms with van der Waals surface area (Å²) in [7, 11) is -3.61. The summed E-state index contributed by atoms with van der Waals surface area (Å²) in [4.78, 5) is 7.56. The number of imidazole rings is 1. The van der Waals surface area contributed by atoms with Gasteiger partial charge in [0, 0.05) is 11.3 Å². The number of sulfonamides is 1. The lowest BCUT2D eigenvalue weighted by Gasteiger charge is -2.09. The number of benzene rings is 2. The van der Waals surface area contributed by atoms with Crippen molar-refractivity contribution in [1.82, 2.24) is 9.97 Å². The van der Waals surface area contributed by atoms with Crippen LogP contribution in [-0.2, 0) is 16.4 Å². The van der Waals surface area contributed by atoms with Gasteiger partial charge in [0.05, 0.1) is 16.8 Å². The summed E-state index contributed by atoms with van der Waals surface area (Å²) in [5.74, 6) is 0.812. The van der Waals surface area contributed by atoms with E-state index >= 15 is 0 Å². The summed E-state index contributed by atoms with van der Waals surface area (Å²) >= 11 is 0. The summed E-state index contributed by atoms with van der Waals surface area (Å²) in [6.07, 6.45) is 2.60. The maximum absolute atomic E-state index is 12.5. The van der Waals surface area contributed by atoms with Gasteiger partial charge in [-0.3, -0.25) is 4.72 Å². The molecule has 3 aromatic rings. The molecule has 0 aliphatic heterocycles. The van der Waals surface area contributed by atoms with Gasteiger partial charge in [-0.05, 0) is 43.2 Å². The molecule has 24 heavy (non-hydrogen) atoms. The highest BCUT2D eigenvalue weighted by Crippen LogP contribution is 2.23. The Morgan fingerprint density at radius 3 is 2.50 bits per heavy atom. The van der Waals surface area contributed by atoms with Crippen molar-refractivity contribution in [3.05, 3.63) is 66.1 Å². The molecule has 0 amide bonds. The number of aromatic nitrogens is 2. The van der Waals surface area contributed by atoms with Crippen LogP contribution in [0.4, 0.5) is 5.69 Å². The monoisotopic (exact) mass is 341 g/mol. The van der Waals surface area contributed by atoms with Crippen molar-refractivity contribution in [2.24, 2.45) is 0 Å². The van der Waals surface area contributed by atoms with Gasteiger partial charge in [0.1, 0.15) is 5.82 Å². The quantitative estimate of drug-likeness (QED) is 0.742. The highest BCUT2D eigenvalue weighted by atomic mass is 32.2. The Bertz CT molecular complexity index is 944. The van der Waals surface area contributed by atoms with E-state index in [0.717, 1.165) is 29.1 Å². The lowest BCUT2D eigenvalue weighted by Crippen LogP contribution is -2.12. The normalized spacial score (nSPS) is 11.4. The third-order valence-electron chi connectivity index (χ3n) is 3.77. The van der Waals surface area contributed by atoms with Gasteiger partial charge >= 0.3 is 0 Å². The minimum Gasteiger partial charge on any atom is -0.342 e. The average Bonchev–Trinajstić information content (AvgIpc) is 3.01. The molecule has 3 rings (SSSR count). The fraction of sp³-hybridized carbons (Fsp3) is 0.167. The van der Waals surface area contributed by atoms with Crippen molar-refractivity contribution in [2.75, 3.05) is 4.72 Å². The second-order valence-electron chi connectivity index (χ2n) is 5.57. The van der Waals surface area contributed by atoms with Crippen molar-refractivity contribution < 1.29 is 8.42 Å². The zero-order valence-electron chi connectivity index (χ0n) is 13.6. The number of nitrogens with zero attached hydrogens (tertiary/aromatic N) is 1. The Balaban J connectivity index is 1.87. The van der Waals surface area contributed by atoms with Crippen molar-refractivity contribution >= 4 is 15.7 Å². The Kier molecular flexibility index (Phi) is 4.40. The fourth-order valence-electron chi connectivity index (χ4n) is 2.44. The molecule has 0 spiro atoms. The van der Waals surface area contributed by atoms with Crippen LogP contribution in [0.1, 0.15) is 18.3 Å². The molecule has 0 bridgehead atoms. The molecule has 0 fully saturated rings. The van der Waals surface area contributed by atoms with Crippen LogP contribution in [-0.4, -0.2) is 18.4 Å². The van der Waals surface area contributed by atoms with Gasteiger partial charge in [0.15, 0.2) is 0 Å². The van der Waals surface area contributed by atoms with Crippen molar-refractivity contribution in [1.29, 1.82) is 0 Å². The van der Waals surface area contributed by atoms with Gasteiger partial charge in [-0.15, -0.1) is 0 Å². The molecule has 0 aliphatic rings. The molecule has 2 N–H and O–H groups in total. The van der Waals surface area contributed by atoms with Crippen LogP contribution < -0.4 is 4.72 Å². The highest BCUT2D eigenvalue weighted by molar-refractivity contribution is 7.92. The van der Waals surface area contributed by atoms with Gasteiger partial charge in [0.25, 0.3) is 10.0 Å². The Hall–Kier alpha value is -2.60. The SMILES string of the molecule is CCc1ccc(S(=O)(=O)Nc2cccc(-c3cnc(C)[nH]3)c2)cc1. The van der Waals surface area contributed by atoms with E-state index in [9.17, 15) is 8.42 Å². The van der Waals surface area contributed by atoms with E-state index in [1.807, 2.05) is 38.1 Å². The molecule has 2 aromatic carbocycles. The van der Waals surface area contributed by atoms with Crippen molar-refractivity contribution in [3.8, 4) is 11.3 Å². The standard InChI is InChI=1S/C18H19N3O2S/c1-3-14-7-9-17(10-8-14)24(22,23)21-16-6-4-5-15(11-16)18-12-19-13(2)20-18/h4-12,21H,3H2,1-2H3,(H,19,20). The molecule has 0 saturated carbocycles. The van der Waals surface area contributed by atoms with E-state index in [4.69, 9.17) is 0 Å². The molecule has 5 nitrogen and oxygen atoms in total. The van der Waals surface area contributed by atoms with E-state index in [-0.39, 0.29) is 4.90 Å². The Morgan fingerprint density at radius 2 is 1.88 bits per heavy atom. The summed E-state index contributed by atoms with van der Waals surface area (Å²) in [6.45, 7) is 3.90. The first-order valence-electron chi connectivity index (χ1n) is 7.72. The largest absolute Gasteiger partial charge is 0.342 e. The maximum Gasteiger partial charge on any atom is 0.261 e. The summed E-state index contributed by atoms with van der Waals surface area (Å²) in [6, 6.07) is 14.1. The summed E-state index contributed by atoms with van der Waals surface area (Å²) < 4.78 is 27.7. The molecule has 124 valence electrons. The van der Waals surface area contributed by atoms with Gasteiger partial charge < -0.3 is 4.98 Å². The zero-order chi connectivity index (χ0) is 17.2. The van der Waals surface area contributed by atoms with Crippen LogP contribution in [0.5, 0.6) is 0 Å². The summed E-state index contributed by atoms with van der Waals surface area (Å²) in [5, 5.41) is 0. The number of hydrogen-bond donors (Lipinski definition) is 2. The number of nitrogens with one attached hydrogen (secondary N) is 2. The third kappa shape index (κ3) is 3.49. The van der Waals surface area contributed by atoms with E-state index in [1.165, 1.54) is 0 Å². The average molecular weight is 341 g/mol. The van der Waals surface area contributed by atoms with E-state index in [0.29, 0.717) is 5.69 Å². The molecule has 6 heteroatoms. The predicted molar refractivity (Wildman–Crippen MR) is 95.4 cm³/mol. The first kappa shape index (κ1) is 16.3. The molecule has 0 atom stereocenters. The Morgan fingerprint density at radius 1 is 1.12 bits per heavy atom. The lowest BCUT2D eigenvalue weighted by molar-refractivity contribution is 0.601. The van der Waals surface area contributed by atoms with E-state index in [2.05, 4.69) is 14.7 Å². The topological polar surface area (TPSA) is 74.8 Å². The Labute approximate surface area is 141 Å². The second kappa shape index (κ2) is 6.49. The fourth-order valence-corrected chi connectivity index (χ4v) is 3.49. The number of H-pyrrole nitrogens is 1. The first-order valence-corrected chi connectivity index (χ1v) is 9.20. The second-order valence-corrected chi connectivity index (χ2v) is 7.25. The van der Waals surface area contributed by atoms with Gasteiger partial charge in [-0.1, -0.05) is 31.2 Å². The first-order chi connectivity index (χ1) is 11.5. The molecule has 1 aromatic heterocycles. The lowest BCUT2D eigenvalue weighted by atomic mass is 10.1. The number of aromatic amines is 1. The molecular formula is C18H19N3O2S.